The zero-order chi connectivity index (χ0) is 8.97. The molecular formula is C9H10Cl2N-. The van der Waals surface area contributed by atoms with Crippen molar-refractivity contribution in [2.24, 2.45) is 0 Å². The highest BCUT2D eigenvalue weighted by Gasteiger charge is 2.01. The minimum absolute atomic E-state index is 0.728. The summed E-state index contributed by atoms with van der Waals surface area (Å²) in [6.07, 6.45) is 0.814. The van der Waals surface area contributed by atoms with Crippen LogP contribution in [0.5, 0.6) is 0 Å². The average molecular weight is 203 g/mol. The molecule has 0 heterocycles. The van der Waals surface area contributed by atoms with Crippen LogP contribution < -0.4 is 0 Å². The number of benzene rings is 1. The topological polar surface area (TPSA) is 14.1 Å². The predicted molar refractivity (Wildman–Crippen MR) is 54.3 cm³/mol. The Morgan fingerprint density at radius 1 is 1.25 bits per heavy atom. The van der Waals surface area contributed by atoms with Crippen molar-refractivity contribution in [2.45, 2.75) is 6.42 Å². The van der Waals surface area contributed by atoms with Gasteiger partial charge in [0.2, 0.25) is 0 Å². The number of hydrogen-bond donors (Lipinski definition) is 0. The SMILES string of the molecule is C[N-]CCc1c(Cl)cccc1Cl. The lowest BCUT2D eigenvalue weighted by molar-refractivity contribution is 1.04. The van der Waals surface area contributed by atoms with Gasteiger partial charge in [-0.05, 0) is 24.1 Å². The summed E-state index contributed by atoms with van der Waals surface area (Å²) in [5, 5.41) is 5.45. The van der Waals surface area contributed by atoms with Crippen LogP contribution in [0.4, 0.5) is 0 Å². The maximum absolute atomic E-state index is 5.94. The van der Waals surface area contributed by atoms with Crippen molar-refractivity contribution in [2.75, 3.05) is 13.6 Å². The first-order valence-corrected chi connectivity index (χ1v) is 4.49. The minimum atomic E-state index is 0.728. The predicted octanol–water partition coefficient (Wildman–Crippen LogP) is 3.54. The van der Waals surface area contributed by atoms with Gasteiger partial charge in [-0.3, -0.25) is 0 Å². The van der Waals surface area contributed by atoms with Crippen LogP contribution in [0.3, 0.4) is 0 Å². The summed E-state index contributed by atoms with van der Waals surface area (Å²) in [7, 11) is 1.78. The Kier molecular flexibility index (Phi) is 3.86. The monoisotopic (exact) mass is 202 g/mol. The van der Waals surface area contributed by atoms with Crippen molar-refractivity contribution in [1.29, 1.82) is 0 Å². The molecule has 3 heteroatoms. The van der Waals surface area contributed by atoms with E-state index in [0.717, 1.165) is 28.6 Å². The maximum atomic E-state index is 5.94. The third-order valence-electron chi connectivity index (χ3n) is 1.65. The van der Waals surface area contributed by atoms with Gasteiger partial charge in [0.1, 0.15) is 0 Å². The van der Waals surface area contributed by atoms with Gasteiger partial charge in [-0.1, -0.05) is 29.3 Å². The van der Waals surface area contributed by atoms with Crippen molar-refractivity contribution in [1.82, 2.24) is 0 Å². The first kappa shape index (κ1) is 9.85. The molecule has 0 atom stereocenters. The van der Waals surface area contributed by atoms with E-state index in [0.29, 0.717) is 0 Å². The summed E-state index contributed by atoms with van der Waals surface area (Å²) in [6.45, 7) is 0.767. The third-order valence-corrected chi connectivity index (χ3v) is 2.36. The summed E-state index contributed by atoms with van der Waals surface area (Å²) < 4.78 is 0. The van der Waals surface area contributed by atoms with Gasteiger partial charge in [0.15, 0.2) is 0 Å². The van der Waals surface area contributed by atoms with E-state index in [1.54, 1.807) is 7.05 Å². The van der Waals surface area contributed by atoms with Crippen LogP contribution in [0.25, 0.3) is 5.32 Å². The molecule has 0 aliphatic carbocycles. The Morgan fingerprint density at radius 3 is 2.33 bits per heavy atom. The second-order valence-electron chi connectivity index (χ2n) is 2.49. The molecule has 0 fully saturated rings. The summed E-state index contributed by atoms with van der Waals surface area (Å²) in [5.74, 6) is 0. The molecule has 0 unspecified atom stereocenters. The smallest absolute Gasteiger partial charge is 0.0452 e. The average Bonchev–Trinajstić information content (AvgIpc) is 2.04. The van der Waals surface area contributed by atoms with Gasteiger partial charge in [-0.25, -0.2) is 0 Å². The van der Waals surface area contributed by atoms with Gasteiger partial charge in [0.25, 0.3) is 0 Å². The van der Waals surface area contributed by atoms with Crippen molar-refractivity contribution in [3.05, 3.63) is 39.1 Å². The summed E-state index contributed by atoms with van der Waals surface area (Å²) >= 11 is 11.9. The standard InChI is InChI=1S/C9H10Cl2N/c1-12-6-5-7-8(10)3-2-4-9(7)11/h2-4H,5-6H2,1H3/q-1. The number of likely N-dealkylation sites (N-methyl/N-ethyl adjacent to an activating group) is 1. The molecule has 1 nitrogen and oxygen atoms in total. The van der Waals surface area contributed by atoms with Crippen LogP contribution in [0.1, 0.15) is 5.56 Å². The van der Waals surface area contributed by atoms with Crippen LogP contribution >= 0.6 is 23.2 Å². The van der Waals surface area contributed by atoms with Crippen molar-refractivity contribution >= 4 is 23.2 Å². The van der Waals surface area contributed by atoms with Gasteiger partial charge in [0, 0.05) is 10.0 Å². The van der Waals surface area contributed by atoms with Crippen molar-refractivity contribution in [3.63, 3.8) is 0 Å². The van der Waals surface area contributed by atoms with E-state index in [-0.39, 0.29) is 0 Å². The van der Waals surface area contributed by atoms with E-state index in [4.69, 9.17) is 23.2 Å². The largest absolute Gasteiger partial charge is 0.665 e. The third kappa shape index (κ3) is 2.37. The highest BCUT2D eigenvalue weighted by Crippen LogP contribution is 2.24. The molecule has 0 amide bonds. The molecule has 0 N–H and O–H groups in total. The molecule has 1 rings (SSSR count). The zero-order valence-electron chi connectivity index (χ0n) is 6.85. The first-order valence-electron chi connectivity index (χ1n) is 3.74. The van der Waals surface area contributed by atoms with Gasteiger partial charge < -0.3 is 5.32 Å². The fraction of sp³-hybridized carbons (Fsp3) is 0.333. The lowest BCUT2D eigenvalue weighted by Gasteiger charge is -2.12. The second-order valence-corrected chi connectivity index (χ2v) is 3.30. The van der Waals surface area contributed by atoms with E-state index >= 15 is 0 Å². The van der Waals surface area contributed by atoms with Crippen molar-refractivity contribution < 1.29 is 0 Å². The second kappa shape index (κ2) is 4.70. The normalized spacial score (nSPS) is 10.2. The lowest BCUT2D eigenvalue weighted by Crippen LogP contribution is -1.92. The zero-order valence-corrected chi connectivity index (χ0v) is 8.36. The van der Waals surface area contributed by atoms with E-state index in [1.807, 2.05) is 18.2 Å². The lowest BCUT2D eigenvalue weighted by atomic mass is 10.1. The number of halogens is 2. The molecule has 0 bridgehead atoms. The fourth-order valence-electron chi connectivity index (χ4n) is 0.995. The van der Waals surface area contributed by atoms with E-state index in [1.165, 1.54) is 0 Å². The molecule has 0 aromatic heterocycles. The summed E-state index contributed by atoms with van der Waals surface area (Å²) in [5.41, 5.74) is 0.992. The Labute approximate surface area is 82.7 Å². The Hall–Kier alpha value is -0.240. The Morgan fingerprint density at radius 2 is 1.83 bits per heavy atom. The van der Waals surface area contributed by atoms with Crippen LogP contribution in [0.15, 0.2) is 18.2 Å². The quantitative estimate of drug-likeness (QED) is 0.713. The Bertz CT molecular complexity index is 240. The Balaban J connectivity index is 2.81. The molecule has 0 spiro atoms. The molecule has 66 valence electrons. The first-order chi connectivity index (χ1) is 5.75. The number of hydrogen-bond acceptors (Lipinski definition) is 0. The molecule has 0 radical (unpaired) electrons. The van der Waals surface area contributed by atoms with Crippen LogP contribution in [0, 0.1) is 0 Å². The van der Waals surface area contributed by atoms with Gasteiger partial charge in [0.05, 0.1) is 0 Å². The fourth-order valence-corrected chi connectivity index (χ4v) is 1.58. The van der Waals surface area contributed by atoms with Crippen LogP contribution in [-0.2, 0) is 6.42 Å². The van der Waals surface area contributed by atoms with Gasteiger partial charge in [-0.2, -0.15) is 7.05 Å². The van der Waals surface area contributed by atoms with Gasteiger partial charge >= 0.3 is 0 Å². The molecule has 0 saturated heterocycles. The van der Waals surface area contributed by atoms with Crippen molar-refractivity contribution in [3.8, 4) is 0 Å². The number of rotatable bonds is 3. The van der Waals surface area contributed by atoms with Crippen LogP contribution in [0.2, 0.25) is 10.0 Å². The highest BCUT2D eigenvalue weighted by molar-refractivity contribution is 6.35. The summed E-state index contributed by atoms with van der Waals surface area (Å²) in [4.78, 5) is 0. The van der Waals surface area contributed by atoms with E-state index in [2.05, 4.69) is 5.32 Å². The van der Waals surface area contributed by atoms with E-state index in [9.17, 15) is 0 Å². The molecule has 0 aliphatic rings. The van der Waals surface area contributed by atoms with Crippen LogP contribution in [-0.4, -0.2) is 13.6 Å². The highest BCUT2D eigenvalue weighted by atomic mass is 35.5. The maximum Gasteiger partial charge on any atom is 0.0452 e. The molecule has 0 aliphatic heterocycles. The minimum Gasteiger partial charge on any atom is -0.665 e. The molecular weight excluding hydrogens is 193 g/mol. The summed E-state index contributed by atoms with van der Waals surface area (Å²) in [6, 6.07) is 5.54. The number of nitrogens with zero attached hydrogens (tertiary/aromatic N) is 1. The molecule has 1 aromatic rings. The van der Waals surface area contributed by atoms with Gasteiger partial charge in [-0.15, -0.1) is 6.54 Å². The molecule has 12 heavy (non-hydrogen) atoms. The molecule has 1 aromatic carbocycles. The van der Waals surface area contributed by atoms with E-state index < -0.39 is 0 Å². The molecule has 0 saturated carbocycles.